The van der Waals surface area contributed by atoms with E-state index in [-0.39, 0.29) is 11.7 Å². The summed E-state index contributed by atoms with van der Waals surface area (Å²) in [4.78, 5) is 12.0. The van der Waals surface area contributed by atoms with Gasteiger partial charge in [0.15, 0.2) is 0 Å². The molecule has 104 valence electrons. The summed E-state index contributed by atoms with van der Waals surface area (Å²) in [7, 11) is 0. The molecule has 0 saturated carbocycles. The number of aryl methyl sites for hydroxylation is 1. The van der Waals surface area contributed by atoms with E-state index in [1.165, 1.54) is 0 Å². The number of carbonyl (C=O) groups excluding carboxylic acids is 1. The van der Waals surface area contributed by atoms with Crippen LogP contribution in [-0.4, -0.2) is 17.6 Å². The summed E-state index contributed by atoms with van der Waals surface area (Å²) in [5, 5.41) is 13.3. The van der Waals surface area contributed by atoms with E-state index in [1.807, 2.05) is 24.3 Å². The van der Waals surface area contributed by atoms with Crippen molar-refractivity contribution < 1.29 is 9.90 Å². The Hall–Kier alpha value is -2.00. The molecule has 0 aromatic heterocycles. The van der Waals surface area contributed by atoms with E-state index in [0.29, 0.717) is 22.7 Å². The Morgan fingerprint density at radius 3 is 2.60 bits per heavy atom. The van der Waals surface area contributed by atoms with E-state index >= 15 is 0 Å². The molecule has 2 aromatic carbocycles. The van der Waals surface area contributed by atoms with Crippen molar-refractivity contribution in [3.8, 4) is 5.75 Å². The fourth-order valence-electron chi connectivity index (χ4n) is 1.91. The first-order valence-corrected chi connectivity index (χ1v) is 6.77. The van der Waals surface area contributed by atoms with Crippen molar-refractivity contribution >= 4 is 17.5 Å². The highest BCUT2D eigenvalue weighted by atomic mass is 35.5. The number of hydrogen-bond acceptors (Lipinski definition) is 2. The molecule has 3 nitrogen and oxygen atoms in total. The average Bonchev–Trinajstić information content (AvgIpc) is 2.44. The molecule has 2 N–H and O–H groups in total. The maximum absolute atomic E-state index is 12.0. The molecule has 0 fully saturated rings. The van der Waals surface area contributed by atoms with E-state index in [9.17, 15) is 9.90 Å². The second-order valence-electron chi connectivity index (χ2n) is 4.60. The van der Waals surface area contributed by atoms with Crippen LogP contribution in [0, 0.1) is 6.92 Å². The first-order valence-electron chi connectivity index (χ1n) is 6.39. The molecule has 2 aromatic rings. The van der Waals surface area contributed by atoms with Crippen LogP contribution < -0.4 is 5.32 Å². The molecule has 0 aliphatic rings. The number of halogens is 1. The molecular weight excluding hydrogens is 274 g/mol. The van der Waals surface area contributed by atoms with E-state index in [4.69, 9.17) is 11.6 Å². The maximum Gasteiger partial charge on any atom is 0.255 e. The van der Waals surface area contributed by atoms with Gasteiger partial charge in [0, 0.05) is 11.6 Å². The summed E-state index contributed by atoms with van der Waals surface area (Å²) >= 11 is 5.81. The van der Waals surface area contributed by atoms with Gasteiger partial charge in [0.2, 0.25) is 0 Å². The van der Waals surface area contributed by atoms with Gasteiger partial charge in [-0.15, -0.1) is 0 Å². The van der Waals surface area contributed by atoms with Crippen LogP contribution in [0.3, 0.4) is 0 Å². The molecule has 4 heteroatoms. The van der Waals surface area contributed by atoms with Gasteiger partial charge < -0.3 is 10.4 Å². The topological polar surface area (TPSA) is 49.3 Å². The normalized spacial score (nSPS) is 10.3. The summed E-state index contributed by atoms with van der Waals surface area (Å²) in [5.41, 5.74) is 2.10. The van der Waals surface area contributed by atoms with Crippen molar-refractivity contribution in [2.75, 3.05) is 6.54 Å². The monoisotopic (exact) mass is 289 g/mol. The number of phenols is 1. The summed E-state index contributed by atoms with van der Waals surface area (Å²) in [6.45, 7) is 2.27. The smallest absolute Gasteiger partial charge is 0.255 e. The van der Waals surface area contributed by atoms with Gasteiger partial charge in [-0.25, -0.2) is 0 Å². The Kier molecular flexibility index (Phi) is 4.64. The van der Waals surface area contributed by atoms with Crippen LogP contribution in [0.1, 0.15) is 21.5 Å². The van der Waals surface area contributed by atoms with Gasteiger partial charge in [-0.05, 0) is 42.7 Å². The number of carbonyl (C=O) groups is 1. The summed E-state index contributed by atoms with van der Waals surface area (Å²) in [5.74, 6) is -0.225. The molecule has 0 radical (unpaired) electrons. The fourth-order valence-corrected chi connectivity index (χ4v) is 2.03. The average molecular weight is 290 g/mol. The minimum atomic E-state index is -0.264. The number of nitrogens with one attached hydrogen (secondary N) is 1. The molecule has 0 aliphatic heterocycles. The van der Waals surface area contributed by atoms with Crippen LogP contribution in [0.15, 0.2) is 42.5 Å². The van der Waals surface area contributed by atoms with Gasteiger partial charge in [0.25, 0.3) is 5.91 Å². The van der Waals surface area contributed by atoms with Crippen LogP contribution in [0.5, 0.6) is 5.75 Å². The van der Waals surface area contributed by atoms with Gasteiger partial charge in [0.1, 0.15) is 5.75 Å². The maximum atomic E-state index is 12.0. The Labute approximate surface area is 123 Å². The van der Waals surface area contributed by atoms with Gasteiger partial charge in [-0.3, -0.25) is 4.79 Å². The lowest BCUT2D eigenvalue weighted by Gasteiger charge is -2.08. The third-order valence-corrected chi connectivity index (χ3v) is 3.35. The Morgan fingerprint density at radius 2 is 1.90 bits per heavy atom. The third-order valence-electron chi connectivity index (χ3n) is 3.09. The highest BCUT2D eigenvalue weighted by Gasteiger charge is 2.11. The van der Waals surface area contributed by atoms with Crippen molar-refractivity contribution in [2.24, 2.45) is 0 Å². The number of phenolic OH excluding ortho intramolecular Hbond substituents is 1. The van der Waals surface area contributed by atoms with Gasteiger partial charge in [-0.1, -0.05) is 35.9 Å². The van der Waals surface area contributed by atoms with Crippen molar-refractivity contribution in [1.29, 1.82) is 0 Å². The second kappa shape index (κ2) is 6.44. The van der Waals surface area contributed by atoms with Gasteiger partial charge >= 0.3 is 0 Å². The van der Waals surface area contributed by atoms with Crippen LogP contribution in [-0.2, 0) is 6.42 Å². The fraction of sp³-hybridized carbons (Fsp3) is 0.188. The molecule has 2 rings (SSSR count). The first kappa shape index (κ1) is 14.4. The number of amides is 1. The zero-order valence-electron chi connectivity index (χ0n) is 11.2. The standard InChI is InChI=1S/C16H16ClNO2/c1-11-3-2-4-14(15(11)19)16(20)18-10-9-12-5-7-13(17)8-6-12/h2-8,19H,9-10H2,1H3,(H,18,20). The summed E-state index contributed by atoms with van der Waals surface area (Å²) < 4.78 is 0. The van der Waals surface area contributed by atoms with Gasteiger partial charge in [0.05, 0.1) is 5.56 Å². The highest BCUT2D eigenvalue weighted by Crippen LogP contribution is 2.21. The van der Waals surface area contributed by atoms with E-state index < -0.39 is 0 Å². The molecule has 0 heterocycles. The van der Waals surface area contributed by atoms with Crippen molar-refractivity contribution in [3.63, 3.8) is 0 Å². The van der Waals surface area contributed by atoms with Crippen molar-refractivity contribution in [3.05, 3.63) is 64.2 Å². The number of hydrogen-bond donors (Lipinski definition) is 2. The molecule has 0 unspecified atom stereocenters. The van der Waals surface area contributed by atoms with E-state index in [2.05, 4.69) is 5.32 Å². The van der Waals surface area contributed by atoms with Crippen LogP contribution in [0.4, 0.5) is 0 Å². The largest absolute Gasteiger partial charge is 0.507 e. The molecule has 0 atom stereocenters. The van der Waals surface area contributed by atoms with Crippen LogP contribution in [0.2, 0.25) is 5.02 Å². The SMILES string of the molecule is Cc1cccc(C(=O)NCCc2ccc(Cl)cc2)c1O. The van der Waals surface area contributed by atoms with Crippen molar-refractivity contribution in [2.45, 2.75) is 13.3 Å². The minimum absolute atomic E-state index is 0.0384. The second-order valence-corrected chi connectivity index (χ2v) is 5.04. The van der Waals surface area contributed by atoms with Crippen LogP contribution >= 0.6 is 11.6 Å². The molecule has 20 heavy (non-hydrogen) atoms. The zero-order chi connectivity index (χ0) is 14.5. The van der Waals surface area contributed by atoms with Gasteiger partial charge in [-0.2, -0.15) is 0 Å². The first-order chi connectivity index (χ1) is 9.58. The number of benzene rings is 2. The summed E-state index contributed by atoms with van der Waals surface area (Å²) in [6.07, 6.45) is 0.718. The Balaban J connectivity index is 1.92. The highest BCUT2D eigenvalue weighted by molar-refractivity contribution is 6.30. The number of aromatic hydroxyl groups is 1. The Bertz CT molecular complexity index is 608. The number of rotatable bonds is 4. The van der Waals surface area contributed by atoms with Crippen LogP contribution in [0.25, 0.3) is 0 Å². The Morgan fingerprint density at radius 1 is 1.20 bits per heavy atom. The molecular formula is C16H16ClNO2. The molecule has 0 saturated heterocycles. The van der Waals surface area contributed by atoms with E-state index in [0.717, 1.165) is 12.0 Å². The van der Waals surface area contributed by atoms with Crippen molar-refractivity contribution in [1.82, 2.24) is 5.32 Å². The quantitative estimate of drug-likeness (QED) is 0.907. The molecule has 0 aliphatic carbocycles. The van der Waals surface area contributed by atoms with E-state index in [1.54, 1.807) is 25.1 Å². The zero-order valence-corrected chi connectivity index (χ0v) is 11.9. The minimum Gasteiger partial charge on any atom is -0.507 e. The molecule has 0 spiro atoms. The predicted molar refractivity (Wildman–Crippen MR) is 80.3 cm³/mol. The lowest BCUT2D eigenvalue weighted by atomic mass is 10.1. The predicted octanol–water partition coefficient (Wildman–Crippen LogP) is 3.33. The lowest BCUT2D eigenvalue weighted by Crippen LogP contribution is -2.25. The molecule has 0 bridgehead atoms. The number of para-hydroxylation sites is 1. The molecule has 1 amide bonds. The summed E-state index contributed by atoms with van der Waals surface area (Å²) in [6, 6.07) is 12.6. The third kappa shape index (κ3) is 3.52. The lowest BCUT2D eigenvalue weighted by molar-refractivity contribution is 0.0951.